The SMILES string of the molecule is CCC(C)CCCCCCCCCCCCCCCCC(=O)OC[C@H](COC(=O)CCCCCCCCCCC(C)CC)OC(=O)CCCCCCCCCCCCCCCCCC(C)C. The fourth-order valence-corrected chi connectivity index (χ4v) is 9.11. The van der Waals surface area contributed by atoms with Crippen molar-refractivity contribution in [2.45, 2.75) is 337 Å². The lowest BCUT2D eigenvalue weighted by Crippen LogP contribution is -2.30. The molecule has 2 unspecified atom stereocenters. The van der Waals surface area contributed by atoms with E-state index in [1.54, 1.807) is 0 Å². The number of hydrogen-bond acceptors (Lipinski definition) is 6. The maximum atomic E-state index is 12.9. The molecule has 392 valence electrons. The van der Waals surface area contributed by atoms with E-state index < -0.39 is 6.10 Å². The summed E-state index contributed by atoms with van der Waals surface area (Å²) in [6, 6.07) is 0. The summed E-state index contributed by atoms with van der Waals surface area (Å²) in [5.41, 5.74) is 0. The Labute approximate surface area is 412 Å². The normalized spacial score (nSPS) is 13.0. The number of rotatable bonds is 53. The van der Waals surface area contributed by atoms with E-state index in [9.17, 15) is 14.4 Å². The minimum atomic E-state index is -0.764. The van der Waals surface area contributed by atoms with Crippen molar-refractivity contribution in [1.29, 1.82) is 0 Å². The van der Waals surface area contributed by atoms with Gasteiger partial charge in [0.1, 0.15) is 13.2 Å². The number of carbonyl (C=O) groups excluding carboxylic acids is 3. The van der Waals surface area contributed by atoms with Gasteiger partial charge in [-0.3, -0.25) is 14.4 Å². The highest BCUT2D eigenvalue weighted by Gasteiger charge is 2.19. The van der Waals surface area contributed by atoms with E-state index in [0.29, 0.717) is 19.3 Å². The molecule has 6 heteroatoms. The van der Waals surface area contributed by atoms with Crippen LogP contribution in [0, 0.1) is 17.8 Å². The van der Waals surface area contributed by atoms with Gasteiger partial charge < -0.3 is 14.2 Å². The zero-order valence-electron chi connectivity index (χ0n) is 45.5. The average molecular weight is 934 g/mol. The molecule has 0 rings (SSSR count). The van der Waals surface area contributed by atoms with Gasteiger partial charge in [0.15, 0.2) is 6.10 Å². The predicted molar refractivity (Wildman–Crippen MR) is 284 cm³/mol. The van der Waals surface area contributed by atoms with Gasteiger partial charge in [-0.25, -0.2) is 0 Å². The van der Waals surface area contributed by atoms with Crippen LogP contribution in [0.25, 0.3) is 0 Å². The first-order valence-corrected chi connectivity index (χ1v) is 29.7. The van der Waals surface area contributed by atoms with Gasteiger partial charge in [0.25, 0.3) is 0 Å². The lowest BCUT2D eigenvalue weighted by Gasteiger charge is -2.18. The fraction of sp³-hybridized carbons (Fsp3) is 0.950. The van der Waals surface area contributed by atoms with E-state index in [-0.39, 0.29) is 31.1 Å². The van der Waals surface area contributed by atoms with Crippen molar-refractivity contribution in [3.63, 3.8) is 0 Å². The number of esters is 3. The second kappa shape index (κ2) is 51.3. The van der Waals surface area contributed by atoms with Crippen LogP contribution in [0.5, 0.6) is 0 Å². The lowest BCUT2D eigenvalue weighted by atomic mass is 9.99. The Morgan fingerprint density at radius 3 is 0.788 bits per heavy atom. The molecule has 0 saturated carbocycles. The van der Waals surface area contributed by atoms with Crippen molar-refractivity contribution >= 4 is 17.9 Å². The summed E-state index contributed by atoms with van der Waals surface area (Å²) >= 11 is 0. The molecule has 0 fully saturated rings. The minimum absolute atomic E-state index is 0.0636. The molecule has 0 aromatic carbocycles. The van der Waals surface area contributed by atoms with E-state index in [1.807, 2.05) is 0 Å². The summed E-state index contributed by atoms with van der Waals surface area (Å²) in [5, 5.41) is 0. The smallest absolute Gasteiger partial charge is 0.306 e. The molecule has 3 atom stereocenters. The predicted octanol–water partition coefficient (Wildman–Crippen LogP) is 19.5. The largest absolute Gasteiger partial charge is 0.462 e. The van der Waals surface area contributed by atoms with Gasteiger partial charge in [-0.2, -0.15) is 0 Å². The fourth-order valence-electron chi connectivity index (χ4n) is 9.11. The van der Waals surface area contributed by atoms with E-state index in [0.717, 1.165) is 75.5 Å². The highest BCUT2D eigenvalue weighted by atomic mass is 16.6. The number of hydrogen-bond donors (Lipinski definition) is 0. The van der Waals surface area contributed by atoms with Gasteiger partial charge >= 0.3 is 17.9 Å². The van der Waals surface area contributed by atoms with E-state index >= 15 is 0 Å². The molecule has 0 heterocycles. The first-order valence-electron chi connectivity index (χ1n) is 29.7. The second-order valence-electron chi connectivity index (χ2n) is 21.6. The Morgan fingerprint density at radius 2 is 0.530 bits per heavy atom. The van der Waals surface area contributed by atoms with Gasteiger partial charge in [-0.05, 0) is 37.0 Å². The molecule has 66 heavy (non-hydrogen) atoms. The zero-order valence-corrected chi connectivity index (χ0v) is 45.5. The lowest BCUT2D eigenvalue weighted by molar-refractivity contribution is -0.167. The van der Waals surface area contributed by atoms with E-state index in [4.69, 9.17) is 14.2 Å². The molecule has 0 aliphatic heterocycles. The molecule has 0 aliphatic carbocycles. The number of ether oxygens (including phenoxy) is 3. The van der Waals surface area contributed by atoms with Crippen molar-refractivity contribution in [1.82, 2.24) is 0 Å². The Balaban J connectivity index is 4.29. The highest BCUT2D eigenvalue weighted by Crippen LogP contribution is 2.19. The molecule has 0 bridgehead atoms. The standard InChI is InChI=1S/C60H116O6/c1-7-55(5)47-41-35-29-23-19-15-12-13-16-20-24-31-37-43-49-58(61)64-52-57(53-65-59(62)50-44-38-32-27-26-30-36-42-48-56(6)8-2)66-60(63)51-45-39-33-25-21-17-11-9-10-14-18-22-28-34-40-46-54(3)4/h54-57H,7-53H2,1-6H3/t55?,56?,57-/m1/s1. The summed E-state index contributed by atoms with van der Waals surface area (Å²) < 4.78 is 16.9. The van der Waals surface area contributed by atoms with Gasteiger partial charge in [-0.1, -0.05) is 292 Å². The molecule has 6 nitrogen and oxygen atoms in total. The van der Waals surface area contributed by atoms with Crippen LogP contribution in [-0.2, 0) is 28.6 Å². The Kier molecular flexibility index (Phi) is 50.0. The maximum absolute atomic E-state index is 12.9. The molecule has 0 amide bonds. The van der Waals surface area contributed by atoms with Crippen LogP contribution in [0.2, 0.25) is 0 Å². The zero-order chi connectivity index (χ0) is 48.4. The monoisotopic (exact) mass is 933 g/mol. The van der Waals surface area contributed by atoms with Crippen molar-refractivity contribution < 1.29 is 28.6 Å². The third-order valence-corrected chi connectivity index (χ3v) is 14.4. The number of carbonyl (C=O) groups is 3. The van der Waals surface area contributed by atoms with Crippen LogP contribution in [-0.4, -0.2) is 37.2 Å². The summed E-state index contributed by atoms with van der Waals surface area (Å²) in [6.07, 6.45) is 53.7. The molecule has 0 aromatic heterocycles. The summed E-state index contributed by atoms with van der Waals surface area (Å²) in [7, 11) is 0. The topological polar surface area (TPSA) is 78.9 Å². The maximum Gasteiger partial charge on any atom is 0.306 e. The molecule has 0 spiro atoms. The van der Waals surface area contributed by atoms with Crippen LogP contribution in [0.1, 0.15) is 330 Å². The Morgan fingerprint density at radius 1 is 0.303 bits per heavy atom. The first kappa shape index (κ1) is 64.4. The van der Waals surface area contributed by atoms with Crippen LogP contribution in [0.4, 0.5) is 0 Å². The Bertz CT molecular complexity index is 1030. The molecule has 0 N–H and O–H groups in total. The second-order valence-corrected chi connectivity index (χ2v) is 21.6. The summed E-state index contributed by atoms with van der Waals surface area (Å²) in [6.45, 7) is 13.8. The van der Waals surface area contributed by atoms with Crippen LogP contribution in [0.15, 0.2) is 0 Å². The summed E-state index contributed by atoms with van der Waals surface area (Å²) in [4.78, 5) is 38.2. The van der Waals surface area contributed by atoms with Crippen LogP contribution in [0.3, 0.4) is 0 Å². The van der Waals surface area contributed by atoms with Gasteiger partial charge in [-0.15, -0.1) is 0 Å². The van der Waals surface area contributed by atoms with Crippen molar-refractivity contribution in [2.75, 3.05) is 13.2 Å². The van der Waals surface area contributed by atoms with Gasteiger partial charge in [0.2, 0.25) is 0 Å². The van der Waals surface area contributed by atoms with Crippen molar-refractivity contribution in [2.24, 2.45) is 17.8 Å². The van der Waals surface area contributed by atoms with Crippen molar-refractivity contribution in [3.8, 4) is 0 Å². The third kappa shape index (κ3) is 50.3. The molecule has 0 aliphatic rings. The average Bonchev–Trinajstić information content (AvgIpc) is 3.30. The summed E-state index contributed by atoms with van der Waals surface area (Å²) in [5.74, 6) is 1.75. The van der Waals surface area contributed by atoms with E-state index in [2.05, 4.69) is 41.5 Å². The molecular formula is C60H116O6. The first-order chi connectivity index (χ1) is 32.2. The van der Waals surface area contributed by atoms with E-state index in [1.165, 1.54) is 212 Å². The number of unbranched alkanes of at least 4 members (excludes halogenated alkanes) is 34. The van der Waals surface area contributed by atoms with Crippen LogP contribution >= 0.6 is 0 Å². The highest BCUT2D eigenvalue weighted by molar-refractivity contribution is 5.71. The molecular weight excluding hydrogens is 817 g/mol. The van der Waals surface area contributed by atoms with Crippen molar-refractivity contribution in [3.05, 3.63) is 0 Å². The molecule has 0 aromatic rings. The Hall–Kier alpha value is -1.59. The van der Waals surface area contributed by atoms with Crippen LogP contribution < -0.4 is 0 Å². The van der Waals surface area contributed by atoms with Gasteiger partial charge in [0, 0.05) is 19.3 Å². The minimum Gasteiger partial charge on any atom is -0.462 e. The third-order valence-electron chi connectivity index (χ3n) is 14.4. The molecule has 0 saturated heterocycles. The molecule has 0 radical (unpaired) electrons. The quantitative estimate of drug-likeness (QED) is 0.0343. The van der Waals surface area contributed by atoms with Gasteiger partial charge in [0.05, 0.1) is 0 Å².